The molecule has 0 aromatic heterocycles. The molecule has 0 bridgehead atoms. The fourth-order valence-electron chi connectivity index (χ4n) is 0.931. The van der Waals surface area contributed by atoms with E-state index in [9.17, 15) is 4.79 Å². The Morgan fingerprint density at radius 1 is 1.46 bits per heavy atom. The Morgan fingerprint density at radius 2 is 1.92 bits per heavy atom. The average Bonchev–Trinajstić information content (AvgIpc) is 2.07. The van der Waals surface area contributed by atoms with Crippen molar-refractivity contribution in [3.05, 3.63) is 0 Å². The summed E-state index contributed by atoms with van der Waals surface area (Å²) >= 11 is 0. The van der Waals surface area contributed by atoms with E-state index in [0.29, 0.717) is 13.1 Å². The molecule has 0 rings (SSSR count). The van der Waals surface area contributed by atoms with E-state index < -0.39 is 5.91 Å². The molecule has 1 amide bonds. The van der Waals surface area contributed by atoms with Gasteiger partial charge in [-0.05, 0) is 13.8 Å². The molecule has 0 radical (unpaired) electrons. The number of hydrogen-bond acceptors (Lipinski definition) is 3. The van der Waals surface area contributed by atoms with Crippen molar-refractivity contribution in [1.29, 1.82) is 10.7 Å². The molecular weight excluding hydrogens is 168 g/mol. The van der Waals surface area contributed by atoms with Gasteiger partial charge >= 0.3 is 0 Å². The van der Waals surface area contributed by atoms with E-state index in [1.54, 1.807) is 11.1 Å². The van der Waals surface area contributed by atoms with Gasteiger partial charge in [-0.3, -0.25) is 10.2 Å². The minimum Gasteiger partial charge on any atom is -0.342 e. The summed E-state index contributed by atoms with van der Waals surface area (Å²) in [6.45, 7) is 6.23. The number of rotatable bonds is 2. The summed E-state index contributed by atoms with van der Waals surface area (Å²) < 4.78 is 0. The lowest BCUT2D eigenvalue weighted by atomic mass is 10.5. The molecule has 0 heterocycles. The van der Waals surface area contributed by atoms with Crippen LogP contribution in [0.4, 0.5) is 0 Å². The Labute approximate surface area is 78.1 Å². The Morgan fingerprint density at radius 3 is 2.15 bits per heavy atom. The number of carbonyl (C=O) groups is 1. The standard InChI is InChI=1S/C8H14N4O/c1-4-11(5-2)8(10)12(6-9)7(3)13/h10H,4-5H2,1-3H3. The molecule has 1 N–H and O–H groups in total. The highest BCUT2D eigenvalue weighted by atomic mass is 16.2. The number of nitrogens with one attached hydrogen (secondary N) is 1. The highest BCUT2D eigenvalue weighted by molar-refractivity contribution is 5.96. The summed E-state index contributed by atoms with van der Waals surface area (Å²) in [5.41, 5.74) is 0. The van der Waals surface area contributed by atoms with Crippen LogP contribution in [0.1, 0.15) is 20.8 Å². The van der Waals surface area contributed by atoms with Crippen LogP contribution in [-0.2, 0) is 4.79 Å². The summed E-state index contributed by atoms with van der Waals surface area (Å²) in [6.07, 6.45) is 1.67. The van der Waals surface area contributed by atoms with Gasteiger partial charge in [0.25, 0.3) is 0 Å². The topological polar surface area (TPSA) is 71.2 Å². The predicted octanol–water partition coefficient (Wildman–Crippen LogP) is 0.593. The van der Waals surface area contributed by atoms with Crippen LogP contribution >= 0.6 is 0 Å². The second kappa shape index (κ2) is 5.14. The zero-order valence-electron chi connectivity index (χ0n) is 8.16. The maximum absolute atomic E-state index is 10.9. The van der Waals surface area contributed by atoms with Gasteiger partial charge in [-0.2, -0.15) is 10.2 Å². The number of amides is 1. The van der Waals surface area contributed by atoms with Gasteiger partial charge < -0.3 is 4.90 Å². The minimum atomic E-state index is -0.431. The molecule has 0 atom stereocenters. The molecule has 0 aromatic rings. The lowest BCUT2D eigenvalue weighted by Crippen LogP contribution is -2.43. The van der Waals surface area contributed by atoms with Gasteiger partial charge in [-0.15, -0.1) is 0 Å². The molecule has 5 nitrogen and oxygen atoms in total. The van der Waals surface area contributed by atoms with Crippen molar-refractivity contribution in [1.82, 2.24) is 9.80 Å². The highest BCUT2D eigenvalue weighted by Gasteiger charge is 2.17. The molecule has 0 aromatic carbocycles. The Bertz CT molecular complexity index is 239. The van der Waals surface area contributed by atoms with Crippen molar-refractivity contribution in [3.63, 3.8) is 0 Å². The van der Waals surface area contributed by atoms with Gasteiger partial charge in [0.05, 0.1) is 0 Å². The third kappa shape index (κ3) is 2.75. The average molecular weight is 182 g/mol. The normalized spacial score (nSPS) is 8.77. The van der Waals surface area contributed by atoms with Crippen molar-refractivity contribution in [3.8, 4) is 6.19 Å². The zero-order chi connectivity index (χ0) is 10.4. The largest absolute Gasteiger partial charge is 0.342 e. The first-order valence-corrected chi connectivity index (χ1v) is 4.12. The molecular formula is C8H14N4O. The smallest absolute Gasteiger partial charge is 0.239 e. The van der Waals surface area contributed by atoms with Crippen LogP contribution < -0.4 is 0 Å². The predicted molar refractivity (Wildman–Crippen MR) is 48.8 cm³/mol. The number of guanidine groups is 1. The van der Waals surface area contributed by atoms with E-state index in [0.717, 1.165) is 4.90 Å². The third-order valence-corrected chi connectivity index (χ3v) is 1.69. The molecule has 0 saturated heterocycles. The van der Waals surface area contributed by atoms with Crippen molar-refractivity contribution >= 4 is 11.9 Å². The lowest BCUT2D eigenvalue weighted by Gasteiger charge is -2.24. The lowest BCUT2D eigenvalue weighted by molar-refractivity contribution is -0.123. The molecule has 0 unspecified atom stereocenters. The monoisotopic (exact) mass is 182 g/mol. The SMILES string of the molecule is CCN(CC)C(=N)N(C#N)C(C)=O. The zero-order valence-corrected chi connectivity index (χ0v) is 8.16. The van der Waals surface area contributed by atoms with Crippen molar-refractivity contribution in [2.24, 2.45) is 0 Å². The fraction of sp³-hybridized carbons (Fsp3) is 0.625. The molecule has 0 aliphatic heterocycles. The first kappa shape index (κ1) is 11.4. The Hall–Kier alpha value is -1.57. The molecule has 0 saturated carbocycles. The second-order valence-corrected chi connectivity index (χ2v) is 2.45. The van der Waals surface area contributed by atoms with Gasteiger partial charge in [-0.1, -0.05) is 0 Å². The molecule has 0 aliphatic rings. The van der Waals surface area contributed by atoms with E-state index in [4.69, 9.17) is 10.7 Å². The first-order valence-electron chi connectivity index (χ1n) is 4.12. The van der Waals surface area contributed by atoms with Gasteiger partial charge in [-0.25, -0.2) is 0 Å². The summed E-state index contributed by atoms with van der Waals surface area (Å²) in [6, 6.07) is 0. The van der Waals surface area contributed by atoms with E-state index in [2.05, 4.69) is 0 Å². The van der Waals surface area contributed by atoms with Crippen molar-refractivity contribution in [2.45, 2.75) is 20.8 Å². The molecule has 72 valence electrons. The maximum atomic E-state index is 10.9. The summed E-state index contributed by atoms with van der Waals surface area (Å²) in [4.78, 5) is 13.3. The van der Waals surface area contributed by atoms with E-state index >= 15 is 0 Å². The number of carbonyl (C=O) groups excluding carboxylic acids is 1. The van der Waals surface area contributed by atoms with Gasteiger partial charge in [0.1, 0.15) is 0 Å². The molecule has 0 aliphatic carbocycles. The van der Waals surface area contributed by atoms with Crippen LogP contribution in [-0.4, -0.2) is 34.8 Å². The summed E-state index contributed by atoms with van der Waals surface area (Å²) in [5.74, 6) is -0.487. The van der Waals surface area contributed by atoms with Crippen molar-refractivity contribution in [2.75, 3.05) is 13.1 Å². The Balaban J connectivity index is 4.56. The van der Waals surface area contributed by atoms with Crippen LogP contribution in [0, 0.1) is 16.9 Å². The van der Waals surface area contributed by atoms with E-state index in [-0.39, 0.29) is 5.96 Å². The number of nitrogens with zero attached hydrogens (tertiary/aromatic N) is 3. The van der Waals surface area contributed by atoms with Crippen LogP contribution in [0.2, 0.25) is 0 Å². The number of hydrogen-bond donors (Lipinski definition) is 1. The van der Waals surface area contributed by atoms with Crippen LogP contribution in [0.5, 0.6) is 0 Å². The minimum absolute atomic E-state index is 0.0556. The van der Waals surface area contributed by atoms with Gasteiger partial charge in [0, 0.05) is 20.0 Å². The molecule has 0 fully saturated rings. The quantitative estimate of drug-likeness (QED) is 0.294. The molecule has 13 heavy (non-hydrogen) atoms. The molecule has 5 heteroatoms. The Kier molecular flexibility index (Phi) is 4.52. The third-order valence-electron chi connectivity index (χ3n) is 1.69. The van der Waals surface area contributed by atoms with E-state index in [1.807, 2.05) is 13.8 Å². The van der Waals surface area contributed by atoms with Crippen LogP contribution in [0.25, 0.3) is 0 Å². The van der Waals surface area contributed by atoms with Gasteiger partial charge in [0.15, 0.2) is 6.19 Å². The van der Waals surface area contributed by atoms with Crippen molar-refractivity contribution < 1.29 is 4.79 Å². The summed E-state index contributed by atoms with van der Waals surface area (Å²) in [7, 11) is 0. The van der Waals surface area contributed by atoms with Gasteiger partial charge in [0.2, 0.25) is 11.9 Å². The fourth-order valence-corrected chi connectivity index (χ4v) is 0.931. The maximum Gasteiger partial charge on any atom is 0.239 e. The molecule has 0 spiro atoms. The second-order valence-electron chi connectivity index (χ2n) is 2.45. The number of nitriles is 1. The highest BCUT2D eigenvalue weighted by Crippen LogP contribution is 1.96. The first-order chi connectivity index (χ1) is 6.08. The van der Waals surface area contributed by atoms with E-state index in [1.165, 1.54) is 6.92 Å². The summed E-state index contributed by atoms with van der Waals surface area (Å²) in [5, 5.41) is 16.1. The van der Waals surface area contributed by atoms with Crippen LogP contribution in [0.15, 0.2) is 0 Å². The van der Waals surface area contributed by atoms with Crippen LogP contribution in [0.3, 0.4) is 0 Å².